The fraction of sp³-hybridized carbons (Fsp3) is 0.727. The predicted molar refractivity (Wildman–Crippen MR) is 105 cm³/mol. The van der Waals surface area contributed by atoms with Crippen LogP contribution in [0.4, 0.5) is 0 Å². The number of piperazine rings is 1. The van der Waals surface area contributed by atoms with E-state index in [4.69, 9.17) is 9.47 Å². The van der Waals surface area contributed by atoms with E-state index in [2.05, 4.69) is 21.9 Å². The molecule has 2 saturated heterocycles. The summed E-state index contributed by atoms with van der Waals surface area (Å²) in [6, 6.07) is 7.69. The van der Waals surface area contributed by atoms with Crippen molar-refractivity contribution in [3.63, 3.8) is 0 Å². The third kappa shape index (κ3) is 3.59. The minimum absolute atomic E-state index is 0.711. The molecule has 1 aromatic rings. The van der Waals surface area contributed by atoms with Crippen LogP contribution in [-0.2, 0) is 6.54 Å². The predicted octanol–water partition coefficient (Wildman–Crippen LogP) is 3.93. The van der Waals surface area contributed by atoms with Crippen LogP contribution in [0.3, 0.4) is 0 Å². The number of ether oxygens (including phenoxy) is 2. The van der Waals surface area contributed by atoms with E-state index < -0.39 is 0 Å². The number of rotatable bonds is 5. The second-order valence-corrected chi connectivity index (χ2v) is 8.28. The molecule has 4 heteroatoms. The highest BCUT2D eigenvalue weighted by molar-refractivity contribution is 5.40. The number of fused-ring (bicyclic) bond motifs is 1. The maximum absolute atomic E-state index is 5.66. The van der Waals surface area contributed by atoms with Crippen LogP contribution < -0.4 is 9.47 Å². The molecule has 1 aromatic carbocycles. The first kappa shape index (κ1) is 18.1. The Kier molecular flexibility index (Phi) is 5.70. The number of benzene rings is 1. The molecule has 0 amide bonds. The van der Waals surface area contributed by atoms with Gasteiger partial charge in [0.05, 0.1) is 14.2 Å². The van der Waals surface area contributed by atoms with Gasteiger partial charge in [0.25, 0.3) is 0 Å². The molecule has 0 N–H and O–H groups in total. The van der Waals surface area contributed by atoms with Crippen molar-refractivity contribution >= 4 is 0 Å². The maximum atomic E-state index is 5.66. The number of methoxy groups -OCH3 is 2. The first-order valence-corrected chi connectivity index (χ1v) is 10.5. The lowest BCUT2D eigenvalue weighted by Gasteiger charge is -2.49. The zero-order valence-electron chi connectivity index (χ0n) is 16.5. The molecule has 4 rings (SSSR count). The number of nitrogens with zero attached hydrogens (tertiary/aromatic N) is 2. The van der Waals surface area contributed by atoms with Crippen LogP contribution >= 0.6 is 0 Å². The molecule has 2 aliphatic heterocycles. The lowest BCUT2D eigenvalue weighted by atomic mass is 9.78. The monoisotopic (exact) mass is 358 g/mol. The third-order valence-corrected chi connectivity index (χ3v) is 6.90. The van der Waals surface area contributed by atoms with Crippen LogP contribution in [0.25, 0.3) is 0 Å². The van der Waals surface area contributed by atoms with E-state index in [0.29, 0.717) is 6.04 Å². The molecule has 144 valence electrons. The van der Waals surface area contributed by atoms with Crippen molar-refractivity contribution in [2.24, 2.45) is 5.92 Å². The molecule has 0 radical (unpaired) electrons. The van der Waals surface area contributed by atoms with Gasteiger partial charge < -0.3 is 9.47 Å². The standard InChI is InChI=1S/C22H34N2O2/c1-25-19-10-11-21(26-2)18(15-19)16-24-14-13-23-12-6-9-20(23)22(24)17-7-4-3-5-8-17/h10-11,15,17,20,22H,3-9,12-14,16H2,1-2H3/t20-,22-/m1/s1. The summed E-state index contributed by atoms with van der Waals surface area (Å²) in [7, 11) is 3.52. The Morgan fingerprint density at radius 1 is 0.923 bits per heavy atom. The average molecular weight is 359 g/mol. The summed E-state index contributed by atoms with van der Waals surface area (Å²) in [5.41, 5.74) is 1.26. The summed E-state index contributed by atoms with van der Waals surface area (Å²) < 4.78 is 11.1. The Bertz CT molecular complexity index is 600. The molecule has 26 heavy (non-hydrogen) atoms. The van der Waals surface area contributed by atoms with Gasteiger partial charge in [-0.2, -0.15) is 0 Å². The van der Waals surface area contributed by atoms with Crippen molar-refractivity contribution in [1.29, 1.82) is 0 Å². The van der Waals surface area contributed by atoms with E-state index in [-0.39, 0.29) is 0 Å². The summed E-state index contributed by atoms with van der Waals surface area (Å²) in [5.74, 6) is 2.78. The Morgan fingerprint density at radius 2 is 1.77 bits per heavy atom. The maximum Gasteiger partial charge on any atom is 0.123 e. The van der Waals surface area contributed by atoms with Gasteiger partial charge >= 0.3 is 0 Å². The molecular formula is C22H34N2O2. The van der Waals surface area contributed by atoms with Crippen molar-refractivity contribution in [3.05, 3.63) is 23.8 Å². The van der Waals surface area contributed by atoms with Crippen molar-refractivity contribution < 1.29 is 9.47 Å². The van der Waals surface area contributed by atoms with Crippen molar-refractivity contribution in [2.45, 2.75) is 63.6 Å². The number of hydrogen-bond acceptors (Lipinski definition) is 4. The minimum atomic E-state index is 0.711. The molecule has 1 aliphatic carbocycles. The largest absolute Gasteiger partial charge is 0.497 e. The fourth-order valence-corrected chi connectivity index (χ4v) is 5.66. The summed E-state index contributed by atoms with van der Waals surface area (Å²) in [4.78, 5) is 5.55. The average Bonchev–Trinajstić information content (AvgIpc) is 3.17. The van der Waals surface area contributed by atoms with Crippen LogP contribution in [-0.4, -0.2) is 55.7 Å². The van der Waals surface area contributed by atoms with E-state index in [1.54, 1.807) is 14.2 Å². The van der Waals surface area contributed by atoms with Gasteiger partial charge in [-0.25, -0.2) is 0 Å². The topological polar surface area (TPSA) is 24.9 Å². The lowest BCUT2D eigenvalue weighted by Crippen LogP contribution is -2.59. The lowest BCUT2D eigenvalue weighted by molar-refractivity contribution is -0.00414. The van der Waals surface area contributed by atoms with E-state index in [1.165, 1.54) is 70.1 Å². The Balaban J connectivity index is 1.59. The van der Waals surface area contributed by atoms with Crippen molar-refractivity contribution in [3.8, 4) is 11.5 Å². The SMILES string of the molecule is COc1ccc(OC)c(CN2CCN3CCC[C@@H]3[C@H]2C2CCCCC2)c1. The molecule has 2 atom stereocenters. The highest BCUT2D eigenvalue weighted by Gasteiger charge is 2.43. The zero-order valence-corrected chi connectivity index (χ0v) is 16.5. The van der Waals surface area contributed by atoms with Gasteiger partial charge in [0, 0.05) is 37.3 Å². The van der Waals surface area contributed by atoms with Gasteiger partial charge in [-0.1, -0.05) is 19.3 Å². The van der Waals surface area contributed by atoms with E-state index in [0.717, 1.165) is 30.0 Å². The van der Waals surface area contributed by atoms with Crippen LogP contribution in [0.2, 0.25) is 0 Å². The summed E-state index contributed by atoms with van der Waals surface area (Å²) in [5, 5.41) is 0. The molecule has 3 aliphatic rings. The second kappa shape index (κ2) is 8.18. The normalized spacial score (nSPS) is 28.1. The first-order chi connectivity index (χ1) is 12.8. The van der Waals surface area contributed by atoms with Crippen LogP contribution in [0, 0.1) is 5.92 Å². The van der Waals surface area contributed by atoms with Crippen LogP contribution in [0.1, 0.15) is 50.5 Å². The Hall–Kier alpha value is -1.26. The first-order valence-electron chi connectivity index (χ1n) is 10.5. The quantitative estimate of drug-likeness (QED) is 0.796. The highest BCUT2D eigenvalue weighted by atomic mass is 16.5. The number of hydrogen-bond donors (Lipinski definition) is 0. The molecule has 0 unspecified atom stereocenters. The Morgan fingerprint density at radius 3 is 2.54 bits per heavy atom. The third-order valence-electron chi connectivity index (χ3n) is 6.90. The van der Waals surface area contributed by atoms with Crippen molar-refractivity contribution in [1.82, 2.24) is 9.80 Å². The fourth-order valence-electron chi connectivity index (χ4n) is 5.66. The van der Waals surface area contributed by atoms with Crippen LogP contribution in [0.5, 0.6) is 11.5 Å². The zero-order chi connectivity index (χ0) is 17.9. The van der Waals surface area contributed by atoms with E-state index >= 15 is 0 Å². The molecule has 1 saturated carbocycles. The summed E-state index contributed by atoms with van der Waals surface area (Å²) >= 11 is 0. The van der Waals surface area contributed by atoms with Gasteiger partial charge in [-0.3, -0.25) is 9.80 Å². The smallest absolute Gasteiger partial charge is 0.123 e. The molecule has 4 nitrogen and oxygen atoms in total. The van der Waals surface area contributed by atoms with Gasteiger partial charge in [0.2, 0.25) is 0 Å². The van der Waals surface area contributed by atoms with Gasteiger partial charge in [0.15, 0.2) is 0 Å². The molecule has 0 bridgehead atoms. The molecule has 0 spiro atoms. The summed E-state index contributed by atoms with van der Waals surface area (Å²) in [6.45, 7) is 4.69. The van der Waals surface area contributed by atoms with E-state index in [9.17, 15) is 0 Å². The molecule has 0 aromatic heterocycles. The highest BCUT2D eigenvalue weighted by Crippen LogP contribution is 2.39. The van der Waals surface area contributed by atoms with E-state index in [1.807, 2.05) is 6.07 Å². The van der Waals surface area contributed by atoms with Crippen LogP contribution in [0.15, 0.2) is 18.2 Å². The van der Waals surface area contributed by atoms with Gasteiger partial charge in [0.1, 0.15) is 11.5 Å². The Labute approximate surface area is 158 Å². The minimum Gasteiger partial charge on any atom is -0.497 e. The summed E-state index contributed by atoms with van der Waals surface area (Å²) in [6.07, 6.45) is 9.87. The molecule has 2 heterocycles. The van der Waals surface area contributed by atoms with Gasteiger partial charge in [-0.15, -0.1) is 0 Å². The van der Waals surface area contributed by atoms with Crippen molar-refractivity contribution in [2.75, 3.05) is 33.9 Å². The molecular weight excluding hydrogens is 324 g/mol. The molecule has 3 fully saturated rings. The van der Waals surface area contributed by atoms with Gasteiger partial charge in [-0.05, 0) is 56.3 Å². The second-order valence-electron chi connectivity index (χ2n) is 8.28.